The molecule has 3 aliphatic rings. The lowest BCUT2D eigenvalue weighted by Gasteiger charge is -2.45. The van der Waals surface area contributed by atoms with Crippen LogP contribution in [0.15, 0.2) is 12.2 Å². The zero-order valence-corrected chi connectivity index (χ0v) is 13.8. The minimum absolute atomic E-state index is 0.141. The zero-order valence-electron chi connectivity index (χ0n) is 13.8. The summed E-state index contributed by atoms with van der Waals surface area (Å²) in [4.78, 5) is 12.0. The molecule has 5 atom stereocenters. The van der Waals surface area contributed by atoms with Gasteiger partial charge < -0.3 is 9.47 Å². The van der Waals surface area contributed by atoms with Gasteiger partial charge in [-0.05, 0) is 31.1 Å². The molecule has 0 radical (unpaired) electrons. The second kappa shape index (κ2) is 4.84. The fraction of sp³-hybridized carbons (Fsp3) is 0.833. The van der Waals surface area contributed by atoms with Crippen molar-refractivity contribution in [3.8, 4) is 0 Å². The van der Waals surface area contributed by atoms with Gasteiger partial charge in [-0.1, -0.05) is 39.8 Å². The first kappa shape index (κ1) is 15.1. The summed E-state index contributed by atoms with van der Waals surface area (Å²) >= 11 is 0. The lowest BCUT2D eigenvalue weighted by Crippen LogP contribution is -2.51. The van der Waals surface area contributed by atoms with E-state index in [1.165, 1.54) is 18.4 Å². The van der Waals surface area contributed by atoms with Gasteiger partial charge in [-0.2, -0.15) is 0 Å². The molecule has 21 heavy (non-hydrogen) atoms. The van der Waals surface area contributed by atoms with Crippen molar-refractivity contribution in [1.29, 1.82) is 0 Å². The predicted octanol–water partition coefficient (Wildman–Crippen LogP) is 4.07. The lowest BCUT2D eigenvalue weighted by atomic mass is 9.77. The maximum absolute atomic E-state index is 12.0. The molecule has 2 heterocycles. The minimum Gasteiger partial charge on any atom is -0.432 e. The van der Waals surface area contributed by atoms with Crippen molar-refractivity contribution in [1.82, 2.24) is 0 Å². The van der Waals surface area contributed by atoms with Gasteiger partial charge in [-0.3, -0.25) is 4.79 Å². The van der Waals surface area contributed by atoms with E-state index in [1.807, 2.05) is 6.92 Å². The quantitative estimate of drug-likeness (QED) is 0.581. The molecule has 0 amide bonds. The van der Waals surface area contributed by atoms with E-state index < -0.39 is 5.79 Å². The van der Waals surface area contributed by atoms with E-state index in [2.05, 4.69) is 27.4 Å². The average Bonchev–Trinajstić information content (AvgIpc) is 2.87. The zero-order chi connectivity index (χ0) is 15.4. The van der Waals surface area contributed by atoms with Gasteiger partial charge in [0.05, 0.1) is 5.60 Å². The number of carbonyl (C=O) groups is 1. The Kier molecular flexibility index (Phi) is 3.47. The summed E-state index contributed by atoms with van der Waals surface area (Å²) in [6.45, 7) is 12.9. The van der Waals surface area contributed by atoms with Gasteiger partial charge in [-0.25, -0.2) is 0 Å². The second-order valence-corrected chi connectivity index (χ2v) is 7.62. The number of carbonyl (C=O) groups excluding carboxylic acids is 1. The third kappa shape index (κ3) is 2.00. The average molecular weight is 292 g/mol. The molecule has 1 spiro atoms. The minimum atomic E-state index is -0.757. The number of rotatable bonds is 3. The summed E-state index contributed by atoms with van der Waals surface area (Å²) in [5.74, 6) is 0.763. The van der Waals surface area contributed by atoms with Crippen LogP contribution in [0.1, 0.15) is 59.8 Å². The first-order valence-electron chi connectivity index (χ1n) is 8.44. The summed E-state index contributed by atoms with van der Waals surface area (Å²) < 4.78 is 12.5. The first-order valence-corrected chi connectivity index (χ1v) is 8.44. The van der Waals surface area contributed by atoms with Crippen molar-refractivity contribution in [2.75, 3.05) is 0 Å². The molecule has 0 aromatic heterocycles. The molecule has 118 valence electrons. The molecule has 3 fully saturated rings. The summed E-state index contributed by atoms with van der Waals surface area (Å²) in [7, 11) is 0. The van der Waals surface area contributed by atoms with Gasteiger partial charge in [0.2, 0.25) is 5.79 Å². The molecule has 1 saturated carbocycles. The molecular formula is C18H28O3. The highest BCUT2D eigenvalue weighted by Crippen LogP contribution is 2.64. The smallest absolute Gasteiger partial charge is 0.308 e. The van der Waals surface area contributed by atoms with E-state index in [0.717, 1.165) is 6.42 Å². The van der Waals surface area contributed by atoms with Gasteiger partial charge in [0.25, 0.3) is 0 Å². The van der Waals surface area contributed by atoms with Crippen LogP contribution in [0, 0.1) is 23.7 Å². The van der Waals surface area contributed by atoms with Crippen LogP contribution in [0.25, 0.3) is 0 Å². The van der Waals surface area contributed by atoms with Crippen LogP contribution in [0.2, 0.25) is 0 Å². The number of esters is 1. The Hall–Kier alpha value is -0.830. The molecule has 0 N–H and O–H groups in total. The fourth-order valence-electron chi connectivity index (χ4n) is 5.00. The Morgan fingerprint density at radius 3 is 2.81 bits per heavy atom. The third-order valence-corrected chi connectivity index (χ3v) is 6.13. The molecule has 1 aliphatic carbocycles. The van der Waals surface area contributed by atoms with Crippen LogP contribution in [-0.2, 0) is 14.3 Å². The highest BCUT2D eigenvalue weighted by atomic mass is 16.7. The summed E-state index contributed by atoms with van der Waals surface area (Å²) in [5.41, 5.74) is 1.09. The fourth-order valence-corrected chi connectivity index (χ4v) is 5.00. The normalized spacial score (nSPS) is 45.0. The monoisotopic (exact) mass is 292 g/mol. The van der Waals surface area contributed by atoms with Crippen molar-refractivity contribution >= 4 is 5.97 Å². The van der Waals surface area contributed by atoms with Crippen LogP contribution in [0.5, 0.6) is 0 Å². The van der Waals surface area contributed by atoms with Crippen molar-refractivity contribution in [3.63, 3.8) is 0 Å². The largest absolute Gasteiger partial charge is 0.432 e. The number of fused-ring (bicyclic) bond motifs is 1. The highest BCUT2D eigenvalue weighted by molar-refractivity contribution is 5.69. The Balaban J connectivity index is 2.01. The summed E-state index contributed by atoms with van der Waals surface area (Å²) in [6.07, 6.45) is 4.44. The van der Waals surface area contributed by atoms with E-state index in [4.69, 9.17) is 9.47 Å². The Bertz CT molecular complexity index is 469. The Labute approximate surface area is 128 Å². The molecule has 0 aromatic rings. The van der Waals surface area contributed by atoms with Crippen LogP contribution in [0.4, 0.5) is 0 Å². The molecule has 3 rings (SSSR count). The van der Waals surface area contributed by atoms with Gasteiger partial charge >= 0.3 is 5.97 Å². The van der Waals surface area contributed by atoms with E-state index in [9.17, 15) is 4.79 Å². The maximum atomic E-state index is 12.0. The Morgan fingerprint density at radius 2 is 2.19 bits per heavy atom. The van der Waals surface area contributed by atoms with E-state index in [1.54, 1.807) is 0 Å². The van der Waals surface area contributed by atoms with Crippen LogP contribution in [-0.4, -0.2) is 17.4 Å². The van der Waals surface area contributed by atoms with E-state index in [0.29, 0.717) is 30.6 Å². The number of hydrogen-bond donors (Lipinski definition) is 0. The van der Waals surface area contributed by atoms with Crippen molar-refractivity contribution in [2.45, 2.75) is 71.2 Å². The summed E-state index contributed by atoms with van der Waals surface area (Å²) in [5, 5.41) is 0. The molecule has 5 unspecified atom stereocenters. The maximum Gasteiger partial charge on any atom is 0.308 e. The van der Waals surface area contributed by atoms with E-state index in [-0.39, 0.29) is 17.5 Å². The Morgan fingerprint density at radius 1 is 1.48 bits per heavy atom. The van der Waals surface area contributed by atoms with Crippen LogP contribution in [0.3, 0.4) is 0 Å². The van der Waals surface area contributed by atoms with Crippen molar-refractivity contribution < 1.29 is 14.3 Å². The van der Waals surface area contributed by atoms with Gasteiger partial charge in [0.1, 0.15) is 0 Å². The molecule has 3 heteroatoms. The molecule has 2 aliphatic heterocycles. The molecule has 3 nitrogen and oxygen atoms in total. The van der Waals surface area contributed by atoms with Crippen molar-refractivity contribution in [3.05, 3.63) is 12.2 Å². The SMILES string of the molecule is C=C1CC2(OC(=O)CC)OC3(CC2C(C)C)C(C)CCC13. The molecule has 2 bridgehead atoms. The third-order valence-electron chi connectivity index (χ3n) is 6.13. The van der Waals surface area contributed by atoms with Crippen LogP contribution >= 0.6 is 0 Å². The predicted molar refractivity (Wildman–Crippen MR) is 81.5 cm³/mol. The first-order chi connectivity index (χ1) is 9.84. The van der Waals surface area contributed by atoms with Gasteiger partial charge in [0, 0.05) is 24.7 Å². The van der Waals surface area contributed by atoms with Crippen LogP contribution < -0.4 is 0 Å². The topological polar surface area (TPSA) is 35.5 Å². The van der Waals surface area contributed by atoms with E-state index >= 15 is 0 Å². The second-order valence-electron chi connectivity index (χ2n) is 7.62. The lowest BCUT2D eigenvalue weighted by molar-refractivity contribution is -0.280. The van der Waals surface area contributed by atoms with Crippen molar-refractivity contribution in [2.24, 2.45) is 23.7 Å². The summed E-state index contributed by atoms with van der Waals surface area (Å²) in [6, 6.07) is 0. The van der Waals surface area contributed by atoms with Gasteiger partial charge in [0.15, 0.2) is 0 Å². The molecule has 0 aromatic carbocycles. The highest BCUT2D eigenvalue weighted by Gasteiger charge is 2.68. The van der Waals surface area contributed by atoms with Gasteiger partial charge in [-0.15, -0.1) is 0 Å². The number of hydrogen-bond acceptors (Lipinski definition) is 3. The molecular weight excluding hydrogens is 264 g/mol. The molecule has 2 saturated heterocycles. The number of ether oxygens (including phenoxy) is 2. The standard InChI is InChI=1S/C18H28O3/c1-6-16(19)20-18-9-12(4)14-8-7-13(5)17(14,21-18)10-15(18)11(2)3/h11,13-15H,4,6-10H2,1-3,5H3.